The summed E-state index contributed by atoms with van der Waals surface area (Å²) in [4.78, 5) is 47.7. The van der Waals surface area contributed by atoms with Crippen molar-refractivity contribution < 1.29 is 29.1 Å². The van der Waals surface area contributed by atoms with E-state index in [9.17, 15) is 34.9 Å². The number of hydrogen-bond acceptors (Lipinski definition) is 7. The first-order valence-electron chi connectivity index (χ1n) is 13.4. The maximum atomic E-state index is 13.8. The Morgan fingerprint density at radius 3 is 1.47 bits per heavy atom. The van der Waals surface area contributed by atoms with Gasteiger partial charge >= 0.3 is 248 Å². The van der Waals surface area contributed by atoms with Gasteiger partial charge in [-0.2, -0.15) is 0 Å². The Kier molecular flexibility index (Phi) is 8.73. The van der Waals surface area contributed by atoms with E-state index in [0.717, 1.165) is 22.8 Å². The molecule has 0 bridgehead atoms. The Labute approximate surface area is 248 Å². The number of carboxylic acid groups (broad SMARTS) is 1. The molecule has 0 saturated carbocycles. The van der Waals surface area contributed by atoms with Crippen molar-refractivity contribution in [2.45, 2.75) is 39.8 Å². The molecule has 0 atom stereocenters. The van der Waals surface area contributed by atoms with Gasteiger partial charge in [0, 0.05) is 0 Å². The number of carboxylic acids is 1. The molecule has 0 heterocycles. The predicted molar refractivity (Wildman–Crippen MR) is 166 cm³/mol. The van der Waals surface area contributed by atoms with Gasteiger partial charge in [0.1, 0.15) is 0 Å². The normalized spacial score (nSPS) is 12.1. The molecule has 43 heavy (non-hydrogen) atoms. The van der Waals surface area contributed by atoms with Gasteiger partial charge in [0.05, 0.1) is 0 Å². The third-order valence-corrected chi connectivity index (χ3v) is 13.0. The molecule has 11 heteroatoms. The van der Waals surface area contributed by atoms with E-state index in [2.05, 4.69) is 0 Å². The Morgan fingerprint density at radius 2 is 1.12 bits per heavy atom. The summed E-state index contributed by atoms with van der Waals surface area (Å²) >= 11 is 0. The molecule has 1 N–H and O–H groups in total. The zero-order valence-electron chi connectivity index (χ0n) is 23.9. The van der Waals surface area contributed by atoms with Gasteiger partial charge in [-0.25, -0.2) is 0 Å². The van der Waals surface area contributed by atoms with E-state index in [1.54, 1.807) is 0 Å². The Balaban J connectivity index is 2.24. The minimum atomic E-state index is -4.59. The van der Waals surface area contributed by atoms with Gasteiger partial charge in [-0.1, -0.05) is 0 Å². The van der Waals surface area contributed by atoms with Crippen LogP contribution in [0.3, 0.4) is 0 Å². The first-order chi connectivity index (χ1) is 20.3. The molecule has 0 aliphatic rings. The third-order valence-electron chi connectivity index (χ3n) is 7.36. The van der Waals surface area contributed by atoms with Gasteiger partial charge in [0.25, 0.3) is 0 Å². The number of aryl methyl sites for hydroxylation is 3. The number of benzene rings is 4. The van der Waals surface area contributed by atoms with E-state index in [1.165, 1.54) is 12.1 Å². The zero-order valence-corrected chi connectivity index (χ0v) is 24.8. The average Bonchev–Trinajstić information content (AvgIpc) is 2.95. The molecular formula is C32H31N2O8P. The van der Waals surface area contributed by atoms with Crippen molar-refractivity contribution in [3.63, 3.8) is 0 Å². The van der Waals surface area contributed by atoms with Crippen LogP contribution in [0.5, 0.6) is 0 Å². The van der Waals surface area contributed by atoms with Crippen molar-refractivity contribution in [2.24, 2.45) is 0 Å². The molecule has 0 fully saturated rings. The monoisotopic (exact) mass is 602 g/mol. The second-order valence-electron chi connectivity index (χ2n) is 10.6. The molecular weight excluding hydrogens is 571 g/mol. The van der Waals surface area contributed by atoms with Crippen LogP contribution in [0.2, 0.25) is 0 Å². The summed E-state index contributed by atoms with van der Waals surface area (Å²) in [6.07, 6.45) is -1.04. The molecule has 4 aromatic rings. The minimum absolute atomic E-state index is 0.150. The van der Waals surface area contributed by atoms with E-state index in [-0.39, 0.29) is 11.7 Å². The van der Waals surface area contributed by atoms with Crippen LogP contribution in [-0.2, 0) is 20.3 Å². The van der Waals surface area contributed by atoms with Crippen LogP contribution >= 0.6 is 6.83 Å². The molecule has 0 aromatic heterocycles. The molecule has 0 unspecified atom stereocenters. The van der Waals surface area contributed by atoms with Crippen molar-refractivity contribution in [2.75, 3.05) is 0 Å². The number of non-ortho nitro benzene ring substituents is 2. The van der Waals surface area contributed by atoms with E-state index < -0.39 is 52.8 Å². The molecule has 0 amide bonds. The van der Waals surface area contributed by atoms with Crippen molar-refractivity contribution in [3.05, 3.63) is 133 Å². The number of carbonyl (C=O) groups excluding carboxylic acids is 1. The summed E-state index contributed by atoms with van der Waals surface area (Å²) < 4.78 is 6.79. The van der Waals surface area contributed by atoms with E-state index >= 15 is 0 Å². The molecule has 0 saturated heterocycles. The topological polar surface area (TPSA) is 150 Å². The summed E-state index contributed by atoms with van der Waals surface area (Å²) in [5.41, 5.74) is 1.80. The predicted octanol–water partition coefficient (Wildman–Crippen LogP) is 5.78. The quantitative estimate of drug-likeness (QED) is 0.129. The van der Waals surface area contributed by atoms with Gasteiger partial charge in [-0.15, -0.1) is 0 Å². The molecule has 4 rings (SSSR count). The summed E-state index contributed by atoms with van der Waals surface area (Å²) in [5.74, 6) is -1.95. The van der Waals surface area contributed by atoms with Crippen molar-refractivity contribution >= 4 is 46.1 Å². The van der Waals surface area contributed by atoms with Crippen LogP contribution in [0.1, 0.15) is 35.1 Å². The third kappa shape index (κ3) is 6.15. The first kappa shape index (κ1) is 31.0. The number of nitro groups is 2. The number of rotatable bonds is 11. The summed E-state index contributed by atoms with van der Waals surface area (Å²) in [5, 5.41) is 35.0. The fourth-order valence-electron chi connectivity index (χ4n) is 5.46. The maximum absolute atomic E-state index is 13.8. The van der Waals surface area contributed by atoms with Gasteiger partial charge in [0.2, 0.25) is 0 Å². The van der Waals surface area contributed by atoms with Gasteiger partial charge < -0.3 is 0 Å². The fraction of sp³-hybridized carbons (Fsp3) is 0.188. The second-order valence-corrected chi connectivity index (χ2v) is 15.1. The molecule has 10 nitrogen and oxygen atoms in total. The van der Waals surface area contributed by atoms with Crippen molar-refractivity contribution in [1.82, 2.24) is 0 Å². The summed E-state index contributed by atoms with van der Waals surface area (Å²) in [6, 6.07) is 25.7. The van der Waals surface area contributed by atoms with E-state index in [0.29, 0.717) is 15.9 Å². The SMILES string of the molecule is Cc1cccc(P(Cc2cc([N+](=O)[O-])cc([N+](=O)[O-])c2)(OC(=O)CCC(=O)O)(c2cccc(C)c2)c2cccc(C)c2)c1. The number of nitrogens with zero attached hydrogens (tertiary/aromatic N) is 2. The zero-order chi connectivity index (χ0) is 31.4. The first-order valence-corrected chi connectivity index (χ1v) is 15.8. The molecule has 222 valence electrons. The van der Waals surface area contributed by atoms with Crippen LogP contribution in [0, 0.1) is 41.0 Å². The van der Waals surface area contributed by atoms with E-state index in [4.69, 9.17) is 4.52 Å². The van der Waals surface area contributed by atoms with Crippen LogP contribution in [-0.4, -0.2) is 26.9 Å². The number of aliphatic carboxylic acids is 1. The molecule has 0 aliphatic carbocycles. The van der Waals surface area contributed by atoms with Gasteiger partial charge in [0.15, 0.2) is 0 Å². The molecule has 0 aliphatic heterocycles. The standard InChI is InChI=1S/C32H31N2O8P/c1-22-7-4-10-28(15-22)43(29-11-5-8-23(2)16-29,30-12-6-9-24(3)17-30,42-32(37)14-13-31(35)36)21-25-18-26(33(38)39)20-27(19-25)34(40)41/h4-12,15-20H,13-14,21H2,1-3H3,(H,35,36). The Hall–Kier alpha value is -4.95. The number of carbonyl (C=O) groups is 2. The Bertz CT molecular complexity index is 1610. The second kappa shape index (κ2) is 12.1. The van der Waals surface area contributed by atoms with Crippen LogP contribution in [0.25, 0.3) is 0 Å². The fourth-order valence-corrected chi connectivity index (χ4v) is 11.3. The summed E-state index contributed by atoms with van der Waals surface area (Å²) in [6.45, 7) is 1.06. The molecule has 0 radical (unpaired) electrons. The molecule has 4 aromatic carbocycles. The Morgan fingerprint density at radius 1 is 0.698 bits per heavy atom. The van der Waals surface area contributed by atoms with Crippen LogP contribution in [0.15, 0.2) is 91.0 Å². The van der Waals surface area contributed by atoms with Crippen molar-refractivity contribution in [1.29, 1.82) is 0 Å². The number of hydrogen-bond donors (Lipinski definition) is 1. The van der Waals surface area contributed by atoms with Gasteiger partial charge in [-0.3, -0.25) is 0 Å². The average molecular weight is 603 g/mol. The van der Waals surface area contributed by atoms with Gasteiger partial charge in [-0.05, 0) is 0 Å². The summed E-state index contributed by atoms with van der Waals surface area (Å²) in [7, 11) is 0. The number of nitro benzene ring substituents is 2. The van der Waals surface area contributed by atoms with E-state index in [1.807, 2.05) is 93.6 Å². The van der Waals surface area contributed by atoms with Crippen LogP contribution < -0.4 is 15.9 Å². The van der Waals surface area contributed by atoms with Crippen LogP contribution in [0.4, 0.5) is 11.4 Å². The van der Waals surface area contributed by atoms with Crippen molar-refractivity contribution in [3.8, 4) is 0 Å². The molecule has 0 spiro atoms.